The van der Waals surface area contributed by atoms with Crippen LogP contribution in [-0.4, -0.2) is 16.6 Å². The number of nitrogens with one attached hydrogen (secondary N) is 1. The fourth-order valence-electron chi connectivity index (χ4n) is 2.23. The summed E-state index contributed by atoms with van der Waals surface area (Å²) >= 11 is 1.64. The van der Waals surface area contributed by atoms with Crippen molar-refractivity contribution in [2.24, 2.45) is 16.5 Å². The van der Waals surface area contributed by atoms with Crippen molar-refractivity contribution in [2.45, 2.75) is 19.0 Å². The number of guanidine groups is 1. The van der Waals surface area contributed by atoms with Crippen LogP contribution in [0.2, 0.25) is 0 Å². The number of nitrogens with two attached hydrogens (primary N) is 2. The van der Waals surface area contributed by atoms with E-state index in [0.717, 1.165) is 20.9 Å². The Labute approximate surface area is 115 Å². The van der Waals surface area contributed by atoms with Crippen LogP contribution in [0.25, 0.3) is 10.2 Å². The maximum Gasteiger partial charge on any atom is 0.195 e. The summed E-state index contributed by atoms with van der Waals surface area (Å²) in [4.78, 5) is 8.86. The zero-order valence-corrected chi connectivity index (χ0v) is 11.4. The third-order valence-electron chi connectivity index (χ3n) is 2.89. The third-order valence-corrected chi connectivity index (χ3v) is 3.93. The number of aliphatic imine (C=N–C) groups is 1. The molecule has 1 unspecified atom stereocenters. The van der Waals surface area contributed by atoms with Crippen LogP contribution < -0.4 is 16.8 Å². The third kappa shape index (κ3) is 2.45. The van der Waals surface area contributed by atoms with E-state index in [0.29, 0.717) is 12.4 Å². The predicted molar refractivity (Wildman–Crippen MR) is 78.8 cm³/mol. The fourth-order valence-corrected chi connectivity index (χ4v) is 3.29. The number of hydrogen-bond donors (Lipinski definition) is 3. The number of rotatable bonds is 2. The van der Waals surface area contributed by atoms with Crippen LogP contribution >= 0.6 is 11.3 Å². The first kappa shape index (κ1) is 12.1. The Morgan fingerprint density at radius 2 is 2.16 bits per heavy atom. The molecule has 2 aromatic rings. The summed E-state index contributed by atoms with van der Waals surface area (Å²) in [6.45, 7) is 1.92. The molecule has 0 fully saturated rings. The largest absolute Gasteiger partial charge is 0.370 e. The van der Waals surface area contributed by atoms with Crippen molar-refractivity contribution in [3.05, 3.63) is 41.0 Å². The summed E-state index contributed by atoms with van der Waals surface area (Å²) < 4.78 is 1.16. The topological polar surface area (TPSA) is 89.3 Å². The highest BCUT2D eigenvalue weighted by Gasteiger charge is 2.27. The molecule has 1 aliphatic rings. The monoisotopic (exact) mass is 273 g/mol. The van der Waals surface area contributed by atoms with Crippen LogP contribution in [0.15, 0.2) is 41.0 Å². The normalized spacial score (nSPS) is 22.8. The van der Waals surface area contributed by atoms with E-state index in [-0.39, 0.29) is 0 Å². The molecule has 5 N–H and O–H groups in total. The standard InChI is InChI=1S/C13H15N5S/c1-8-6-13(15,18-12(14)16-8)7-11-17-9-4-2-3-5-10(9)19-11/h2-6H,7,15H2,1H3,(H3,14,16,18). The Hall–Kier alpha value is -1.92. The van der Waals surface area contributed by atoms with Gasteiger partial charge >= 0.3 is 0 Å². The van der Waals surface area contributed by atoms with Crippen molar-refractivity contribution in [3.8, 4) is 0 Å². The van der Waals surface area contributed by atoms with E-state index in [1.54, 1.807) is 11.3 Å². The predicted octanol–water partition coefficient (Wildman–Crippen LogP) is 1.32. The number of nitrogens with zero attached hydrogens (tertiary/aromatic N) is 2. The molecule has 6 heteroatoms. The molecule has 0 radical (unpaired) electrons. The molecule has 1 atom stereocenters. The number of fused-ring (bicyclic) bond motifs is 1. The maximum atomic E-state index is 6.28. The molecule has 1 aromatic heterocycles. The summed E-state index contributed by atoms with van der Waals surface area (Å²) in [6.07, 6.45) is 2.43. The second-order valence-electron chi connectivity index (χ2n) is 4.69. The molecule has 5 nitrogen and oxygen atoms in total. The number of thiazole rings is 1. The van der Waals surface area contributed by atoms with Crippen LogP contribution in [0.1, 0.15) is 11.9 Å². The van der Waals surface area contributed by atoms with Gasteiger partial charge in [0, 0.05) is 12.1 Å². The van der Waals surface area contributed by atoms with E-state index >= 15 is 0 Å². The number of hydrogen-bond acceptors (Lipinski definition) is 6. The zero-order valence-electron chi connectivity index (χ0n) is 10.6. The van der Waals surface area contributed by atoms with E-state index in [1.807, 2.05) is 31.2 Å². The second kappa shape index (κ2) is 4.32. The molecular formula is C13H15N5S. The Morgan fingerprint density at radius 3 is 2.89 bits per heavy atom. The molecule has 1 aliphatic heterocycles. The van der Waals surface area contributed by atoms with Crippen molar-refractivity contribution in [2.75, 3.05) is 0 Å². The zero-order chi connectivity index (χ0) is 13.5. The Morgan fingerprint density at radius 1 is 1.37 bits per heavy atom. The van der Waals surface area contributed by atoms with E-state index in [2.05, 4.69) is 21.4 Å². The second-order valence-corrected chi connectivity index (χ2v) is 5.81. The first-order valence-electron chi connectivity index (χ1n) is 5.99. The lowest BCUT2D eigenvalue weighted by molar-refractivity contribution is 0.534. The van der Waals surface area contributed by atoms with Gasteiger partial charge in [-0.2, -0.15) is 0 Å². The van der Waals surface area contributed by atoms with Gasteiger partial charge in [0.05, 0.1) is 15.2 Å². The molecule has 1 aromatic carbocycles. The lowest BCUT2D eigenvalue weighted by Gasteiger charge is -2.26. The van der Waals surface area contributed by atoms with Crippen molar-refractivity contribution >= 4 is 27.5 Å². The minimum Gasteiger partial charge on any atom is -0.370 e. The molecule has 0 spiro atoms. The maximum absolute atomic E-state index is 6.28. The van der Waals surface area contributed by atoms with Crippen LogP contribution in [0, 0.1) is 0 Å². The van der Waals surface area contributed by atoms with Gasteiger partial charge < -0.3 is 16.8 Å². The summed E-state index contributed by atoms with van der Waals surface area (Å²) in [5.74, 6) is 0.351. The van der Waals surface area contributed by atoms with E-state index < -0.39 is 5.66 Å². The minimum absolute atomic E-state index is 0.351. The molecule has 3 rings (SSSR count). The Balaban J connectivity index is 1.94. The number of aromatic nitrogens is 1. The van der Waals surface area contributed by atoms with Gasteiger partial charge in [-0.1, -0.05) is 12.1 Å². The molecule has 19 heavy (non-hydrogen) atoms. The number of benzene rings is 1. The first-order valence-corrected chi connectivity index (χ1v) is 6.81. The van der Waals surface area contributed by atoms with Gasteiger partial charge in [-0.15, -0.1) is 11.3 Å². The average Bonchev–Trinajstić information content (AvgIpc) is 2.67. The van der Waals surface area contributed by atoms with Gasteiger partial charge in [-0.25, -0.2) is 9.98 Å². The highest BCUT2D eigenvalue weighted by molar-refractivity contribution is 7.18. The molecule has 0 bridgehead atoms. The Kier molecular flexibility index (Phi) is 2.76. The van der Waals surface area contributed by atoms with Crippen molar-refractivity contribution in [1.29, 1.82) is 0 Å². The molecular weight excluding hydrogens is 258 g/mol. The lowest BCUT2D eigenvalue weighted by atomic mass is 10.1. The molecule has 0 aliphatic carbocycles. The van der Waals surface area contributed by atoms with Crippen molar-refractivity contribution in [1.82, 2.24) is 10.3 Å². The molecule has 0 saturated carbocycles. The summed E-state index contributed by atoms with van der Waals surface area (Å²) in [7, 11) is 0. The fraction of sp³-hybridized carbons (Fsp3) is 0.231. The van der Waals surface area contributed by atoms with Gasteiger partial charge in [0.2, 0.25) is 0 Å². The van der Waals surface area contributed by atoms with E-state index in [1.165, 1.54) is 0 Å². The van der Waals surface area contributed by atoms with Gasteiger partial charge in [-0.3, -0.25) is 0 Å². The lowest BCUT2D eigenvalue weighted by Crippen LogP contribution is -2.47. The van der Waals surface area contributed by atoms with Gasteiger partial charge in [0.1, 0.15) is 5.66 Å². The summed E-state index contributed by atoms with van der Waals surface area (Å²) in [5.41, 5.74) is 13.1. The molecule has 2 heterocycles. The average molecular weight is 273 g/mol. The Bertz CT molecular complexity index is 634. The summed E-state index contributed by atoms with van der Waals surface area (Å²) in [5, 5.41) is 3.90. The quantitative estimate of drug-likeness (QED) is 0.769. The van der Waals surface area contributed by atoms with Gasteiger partial charge in [0.25, 0.3) is 0 Å². The first-order chi connectivity index (χ1) is 9.04. The van der Waals surface area contributed by atoms with E-state index in [4.69, 9.17) is 11.5 Å². The molecule has 0 amide bonds. The highest BCUT2D eigenvalue weighted by atomic mass is 32.1. The number of allylic oxidation sites excluding steroid dienone is 1. The van der Waals surface area contributed by atoms with Crippen molar-refractivity contribution < 1.29 is 0 Å². The van der Waals surface area contributed by atoms with Gasteiger partial charge in [-0.05, 0) is 25.1 Å². The highest BCUT2D eigenvalue weighted by Crippen LogP contribution is 2.26. The van der Waals surface area contributed by atoms with E-state index in [9.17, 15) is 0 Å². The molecule has 98 valence electrons. The van der Waals surface area contributed by atoms with Crippen LogP contribution in [0.5, 0.6) is 0 Å². The molecule has 0 saturated heterocycles. The minimum atomic E-state index is -0.812. The van der Waals surface area contributed by atoms with Crippen LogP contribution in [0.4, 0.5) is 0 Å². The number of para-hydroxylation sites is 1. The van der Waals surface area contributed by atoms with Crippen LogP contribution in [0.3, 0.4) is 0 Å². The summed E-state index contributed by atoms with van der Waals surface area (Å²) in [6, 6.07) is 8.04. The van der Waals surface area contributed by atoms with Crippen molar-refractivity contribution in [3.63, 3.8) is 0 Å². The SMILES string of the molecule is CC1=CC(N)(Cc2nc3ccccc3s2)N=C(N)N1. The van der Waals surface area contributed by atoms with Gasteiger partial charge in [0.15, 0.2) is 5.96 Å². The smallest absolute Gasteiger partial charge is 0.195 e. The van der Waals surface area contributed by atoms with Crippen LogP contribution in [-0.2, 0) is 6.42 Å².